The molecule has 0 heterocycles. The van der Waals surface area contributed by atoms with Gasteiger partial charge in [-0.25, -0.2) is 0 Å². The van der Waals surface area contributed by atoms with Crippen LogP contribution in [0, 0.1) is 5.92 Å². The molecule has 1 aliphatic carbocycles. The molecule has 1 rings (SSSR count). The number of carbonyl (C=O) groups excluding carboxylic acids is 1. The maximum Gasteiger partial charge on any atom is 0.132 e. The van der Waals surface area contributed by atoms with E-state index in [1.165, 1.54) is 109 Å². The fourth-order valence-electron chi connectivity index (χ4n) is 5.95. The number of ketones is 1. The van der Waals surface area contributed by atoms with Gasteiger partial charge >= 0.3 is 0 Å². The van der Waals surface area contributed by atoms with Crippen LogP contribution in [0.5, 0.6) is 0 Å². The second-order valence-electron chi connectivity index (χ2n) is 12.3. The van der Waals surface area contributed by atoms with Crippen molar-refractivity contribution in [2.75, 3.05) is 0 Å². The van der Waals surface area contributed by atoms with Gasteiger partial charge in [-0.3, -0.25) is 4.79 Å². The Hall–Kier alpha value is -0.450. The van der Waals surface area contributed by atoms with Crippen molar-refractivity contribution in [3.05, 3.63) is 0 Å². The molecule has 0 bridgehead atoms. The first-order valence-corrected chi connectivity index (χ1v) is 16.5. The molecule has 1 unspecified atom stereocenters. The van der Waals surface area contributed by atoms with Crippen LogP contribution in [-0.4, -0.2) is 40.4 Å². The van der Waals surface area contributed by atoms with E-state index in [2.05, 4.69) is 6.92 Å². The van der Waals surface area contributed by atoms with Gasteiger partial charge in [0.25, 0.3) is 0 Å². The standard InChI is InChI=1S/C33H64O4/c1-4-5-6-7-8-9-10-11-12-13-14-15-16-17-18-19-20-21-22-23-30(34)25-24-29-26-31(37-28(2)3)27-32(35)33(29)36/h28-29,31-33,35-36H,4-27H2,1-3H3/t29?,31-,32-,33+/m1/s1. The Bertz CT molecular complexity index is 520. The van der Waals surface area contributed by atoms with Crippen molar-refractivity contribution in [2.24, 2.45) is 5.92 Å². The van der Waals surface area contributed by atoms with E-state index in [1.54, 1.807) is 0 Å². The van der Waals surface area contributed by atoms with Crippen LogP contribution in [0.4, 0.5) is 0 Å². The molecule has 0 aliphatic heterocycles. The number of Topliss-reactive ketones (excluding diaryl/α,β-unsaturated/α-hetero) is 1. The monoisotopic (exact) mass is 524 g/mol. The van der Waals surface area contributed by atoms with Gasteiger partial charge in [0.05, 0.1) is 24.4 Å². The van der Waals surface area contributed by atoms with E-state index in [0.29, 0.717) is 31.5 Å². The summed E-state index contributed by atoms with van der Waals surface area (Å²) in [6.45, 7) is 6.28. The largest absolute Gasteiger partial charge is 0.390 e. The molecule has 0 spiro atoms. The van der Waals surface area contributed by atoms with Crippen LogP contribution in [-0.2, 0) is 9.53 Å². The molecule has 2 N–H and O–H groups in total. The number of aliphatic hydroxyl groups is 2. The predicted molar refractivity (Wildman–Crippen MR) is 157 cm³/mol. The smallest absolute Gasteiger partial charge is 0.132 e. The highest BCUT2D eigenvalue weighted by Crippen LogP contribution is 2.31. The number of hydrogen-bond donors (Lipinski definition) is 2. The molecular weight excluding hydrogens is 460 g/mol. The van der Waals surface area contributed by atoms with Crippen molar-refractivity contribution < 1.29 is 19.7 Å². The quantitative estimate of drug-likeness (QED) is 0.117. The zero-order valence-electron chi connectivity index (χ0n) is 25.1. The molecule has 1 saturated carbocycles. The third kappa shape index (κ3) is 19.3. The second-order valence-corrected chi connectivity index (χ2v) is 12.3. The summed E-state index contributed by atoms with van der Waals surface area (Å²) in [7, 11) is 0. The topological polar surface area (TPSA) is 66.8 Å². The van der Waals surface area contributed by atoms with Crippen LogP contribution in [0.2, 0.25) is 0 Å². The zero-order valence-corrected chi connectivity index (χ0v) is 25.1. The number of carbonyl (C=O) groups is 1. The van der Waals surface area contributed by atoms with Gasteiger partial charge in [-0.2, -0.15) is 0 Å². The zero-order chi connectivity index (χ0) is 27.1. The number of unbranched alkanes of at least 4 members (excludes halogenated alkanes) is 18. The maximum absolute atomic E-state index is 12.3. The van der Waals surface area contributed by atoms with Crippen molar-refractivity contribution in [3.63, 3.8) is 0 Å². The van der Waals surface area contributed by atoms with Gasteiger partial charge < -0.3 is 14.9 Å². The average Bonchev–Trinajstić information content (AvgIpc) is 2.86. The SMILES string of the molecule is CCCCCCCCCCCCCCCCCCCCCC(=O)CCC1C[C@@H](OC(C)C)C[C@@H](O)[C@H]1O. The molecule has 0 saturated heterocycles. The molecule has 37 heavy (non-hydrogen) atoms. The van der Waals surface area contributed by atoms with Crippen molar-refractivity contribution >= 4 is 5.78 Å². The molecule has 220 valence electrons. The first kappa shape index (κ1) is 34.6. The first-order valence-electron chi connectivity index (χ1n) is 16.5. The van der Waals surface area contributed by atoms with Crippen LogP contribution < -0.4 is 0 Å². The van der Waals surface area contributed by atoms with Gasteiger partial charge in [0.15, 0.2) is 0 Å². The van der Waals surface area contributed by atoms with Crippen molar-refractivity contribution in [2.45, 2.75) is 199 Å². The molecule has 4 heteroatoms. The van der Waals surface area contributed by atoms with E-state index in [1.807, 2.05) is 13.8 Å². The minimum absolute atomic E-state index is 0.0155. The minimum atomic E-state index is -0.739. The number of ether oxygens (including phenoxy) is 1. The van der Waals surface area contributed by atoms with Gasteiger partial charge in [-0.05, 0) is 39.0 Å². The van der Waals surface area contributed by atoms with Crippen LogP contribution in [0.15, 0.2) is 0 Å². The summed E-state index contributed by atoms with van der Waals surface area (Å²) in [4.78, 5) is 12.3. The number of aliphatic hydroxyl groups excluding tert-OH is 2. The summed E-state index contributed by atoms with van der Waals surface area (Å²) in [6, 6.07) is 0. The Kier molecular flexibility index (Phi) is 21.9. The lowest BCUT2D eigenvalue weighted by atomic mass is 9.79. The lowest BCUT2D eigenvalue weighted by Gasteiger charge is -2.37. The van der Waals surface area contributed by atoms with E-state index in [0.717, 1.165) is 19.3 Å². The van der Waals surface area contributed by atoms with E-state index in [4.69, 9.17) is 4.74 Å². The van der Waals surface area contributed by atoms with Crippen LogP contribution in [0.3, 0.4) is 0 Å². The molecule has 4 atom stereocenters. The normalized spacial score (nSPS) is 22.1. The van der Waals surface area contributed by atoms with Gasteiger partial charge in [0.2, 0.25) is 0 Å². The van der Waals surface area contributed by atoms with Gasteiger partial charge in [0, 0.05) is 19.3 Å². The Morgan fingerprint density at radius 2 is 1.11 bits per heavy atom. The van der Waals surface area contributed by atoms with E-state index < -0.39 is 12.2 Å². The van der Waals surface area contributed by atoms with Gasteiger partial charge in [-0.1, -0.05) is 122 Å². The Morgan fingerprint density at radius 1 is 0.676 bits per heavy atom. The highest BCUT2D eigenvalue weighted by atomic mass is 16.5. The van der Waals surface area contributed by atoms with E-state index >= 15 is 0 Å². The van der Waals surface area contributed by atoms with Crippen molar-refractivity contribution in [3.8, 4) is 0 Å². The number of rotatable bonds is 25. The maximum atomic E-state index is 12.3. The average molecular weight is 525 g/mol. The third-order valence-electron chi connectivity index (χ3n) is 8.26. The summed E-state index contributed by atoms with van der Waals surface area (Å²) >= 11 is 0. The van der Waals surface area contributed by atoms with E-state index in [-0.39, 0.29) is 18.1 Å². The predicted octanol–water partition coefficient (Wildman–Crippen LogP) is 9.08. The fraction of sp³-hybridized carbons (Fsp3) is 0.970. The molecule has 1 fully saturated rings. The summed E-state index contributed by atoms with van der Waals surface area (Å²) in [5.74, 6) is 0.266. The summed E-state index contributed by atoms with van der Waals surface area (Å²) in [5, 5.41) is 20.5. The molecule has 0 aromatic rings. The lowest BCUT2D eigenvalue weighted by Crippen LogP contribution is -2.44. The highest BCUT2D eigenvalue weighted by Gasteiger charge is 2.36. The second kappa shape index (κ2) is 23.4. The van der Waals surface area contributed by atoms with Crippen LogP contribution >= 0.6 is 0 Å². The van der Waals surface area contributed by atoms with Crippen LogP contribution in [0.25, 0.3) is 0 Å². The molecule has 0 amide bonds. The molecule has 1 aliphatic rings. The number of hydrogen-bond acceptors (Lipinski definition) is 4. The Labute approximate surface area is 230 Å². The summed E-state index contributed by atoms with van der Waals surface area (Å²) in [5.41, 5.74) is 0. The van der Waals surface area contributed by atoms with E-state index in [9.17, 15) is 15.0 Å². The molecule has 0 radical (unpaired) electrons. The Balaban J connectivity index is 1.87. The lowest BCUT2D eigenvalue weighted by molar-refractivity contribution is -0.125. The van der Waals surface area contributed by atoms with Crippen molar-refractivity contribution in [1.82, 2.24) is 0 Å². The van der Waals surface area contributed by atoms with Gasteiger partial charge in [0.1, 0.15) is 5.78 Å². The summed E-state index contributed by atoms with van der Waals surface area (Å²) < 4.78 is 5.86. The Morgan fingerprint density at radius 3 is 1.54 bits per heavy atom. The minimum Gasteiger partial charge on any atom is -0.390 e. The summed E-state index contributed by atoms with van der Waals surface area (Å²) in [6.07, 6.45) is 27.6. The molecule has 0 aromatic carbocycles. The third-order valence-corrected chi connectivity index (χ3v) is 8.26. The van der Waals surface area contributed by atoms with Crippen LogP contribution in [0.1, 0.15) is 175 Å². The van der Waals surface area contributed by atoms with Gasteiger partial charge in [-0.15, -0.1) is 0 Å². The molecular formula is C33H64O4. The fourth-order valence-corrected chi connectivity index (χ4v) is 5.95. The molecule has 4 nitrogen and oxygen atoms in total. The molecule has 0 aromatic heterocycles. The van der Waals surface area contributed by atoms with Crippen molar-refractivity contribution in [1.29, 1.82) is 0 Å². The highest BCUT2D eigenvalue weighted by molar-refractivity contribution is 5.78. The first-order chi connectivity index (χ1) is 17.9.